The largest absolute Gasteiger partial charge is 0.337 e. The monoisotopic (exact) mass is 240 g/mol. The van der Waals surface area contributed by atoms with Gasteiger partial charge in [-0.2, -0.15) is 5.26 Å². The second kappa shape index (κ2) is 4.06. The van der Waals surface area contributed by atoms with Gasteiger partial charge in [0.15, 0.2) is 5.76 Å². The zero-order valence-electron chi connectivity index (χ0n) is 8.81. The van der Waals surface area contributed by atoms with E-state index in [1.807, 2.05) is 6.07 Å². The summed E-state index contributed by atoms with van der Waals surface area (Å²) < 4.78 is 9.83. The smallest absolute Gasteiger partial charge is 0.207 e. The molecule has 0 aliphatic rings. The highest BCUT2D eigenvalue weighted by molar-refractivity contribution is 5.74. The van der Waals surface area contributed by atoms with E-state index in [9.17, 15) is 5.26 Å². The molecule has 0 atom stereocenters. The number of hydrogen-bond donors (Lipinski definition) is 0. The van der Waals surface area contributed by atoms with Crippen LogP contribution in [0.1, 0.15) is 5.56 Å². The molecule has 3 aromatic heterocycles. The van der Waals surface area contributed by atoms with Gasteiger partial charge in [0.25, 0.3) is 0 Å². The number of nitrogens with zero attached hydrogens (tertiary/aromatic N) is 6. The second-order valence-electron chi connectivity index (χ2n) is 3.26. The van der Waals surface area contributed by atoms with Crippen LogP contribution in [-0.2, 0) is 0 Å². The first kappa shape index (κ1) is 10.1. The summed E-state index contributed by atoms with van der Waals surface area (Å²) in [5.74, 6) is 0.684. The van der Waals surface area contributed by atoms with E-state index in [0.29, 0.717) is 22.8 Å². The lowest BCUT2D eigenvalue weighted by molar-refractivity contribution is 0.401. The fourth-order valence-corrected chi connectivity index (χ4v) is 1.52. The molecule has 3 heterocycles. The van der Waals surface area contributed by atoms with Crippen LogP contribution < -0.4 is 0 Å². The summed E-state index contributed by atoms with van der Waals surface area (Å²) >= 11 is 0. The number of aromatic nitrogens is 5. The van der Waals surface area contributed by atoms with Gasteiger partial charge >= 0.3 is 0 Å². The molecule has 0 aliphatic carbocycles. The molecule has 0 saturated carbocycles. The average Bonchev–Trinajstić information content (AvgIpc) is 3.10. The summed E-state index contributed by atoms with van der Waals surface area (Å²) in [5, 5.41) is 23.1. The molecule has 0 spiro atoms. The van der Waals surface area contributed by atoms with Gasteiger partial charge in [-0.15, -0.1) is 10.2 Å². The predicted molar refractivity (Wildman–Crippen MR) is 55.5 cm³/mol. The van der Waals surface area contributed by atoms with Crippen LogP contribution in [0.15, 0.2) is 33.7 Å². The summed E-state index contributed by atoms with van der Waals surface area (Å²) in [6.07, 6.45) is 4.32. The van der Waals surface area contributed by atoms with Crippen LogP contribution in [0.25, 0.3) is 22.8 Å². The highest BCUT2D eigenvalue weighted by Gasteiger charge is 2.17. The summed E-state index contributed by atoms with van der Waals surface area (Å²) in [6, 6.07) is 3.68. The summed E-state index contributed by atoms with van der Waals surface area (Å²) in [7, 11) is 0. The summed E-state index contributed by atoms with van der Waals surface area (Å²) in [4.78, 5) is 4.08. The Labute approximate surface area is 99.8 Å². The van der Waals surface area contributed by atoms with Crippen molar-refractivity contribution in [2.45, 2.75) is 0 Å². The Morgan fingerprint density at radius 3 is 2.39 bits per heavy atom. The number of hydrogen-bond acceptors (Lipinski definition) is 8. The fraction of sp³-hybridized carbons (Fsp3) is 0. The normalized spacial score (nSPS) is 10.2. The molecule has 0 unspecified atom stereocenters. The number of rotatable bonds is 2. The third kappa shape index (κ3) is 1.51. The third-order valence-corrected chi connectivity index (χ3v) is 2.28. The Bertz CT molecular complexity index is 646. The molecule has 0 saturated heterocycles. The van der Waals surface area contributed by atoms with Gasteiger partial charge < -0.3 is 9.05 Å². The molecule has 8 heteroatoms. The van der Waals surface area contributed by atoms with Crippen molar-refractivity contribution in [3.05, 3.63) is 30.2 Å². The zero-order chi connectivity index (χ0) is 12.4. The van der Waals surface area contributed by atoms with E-state index in [1.54, 1.807) is 6.07 Å². The van der Waals surface area contributed by atoms with E-state index >= 15 is 0 Å². The van der Waals surface area contributed by atoms with Gasteiger partial charge in [-0.3, -0.25) is 4.98 Å². The highest BCUT2D eigenvalue weighted by atomic mass is 16.5. The Kier molecular flexibility index (Phi) is 2.28. The van der Waals surface area contributed by atoms with Crippen molar-refractivity contribution in [2.75, 3.05) is 0 Å². The molecule has 0 radical (unpaired) electrons. The van der Waals surface area contributed by atoms with Gasteiger partial charge in [0.1, 0.15) is 18.0 Å². The maximum absolute atomic E-state index is 9.24. The molecule has 86 valence electrons. The summed E-state index contributed by atoms with van der Waals surface area (Å²) in [5.41, 5.74) is 1.16. The minimum absolute atomic E-state index is 0.287. The average molecular weight is 240 g/mol. The van der Waals surface area contributed by atoms with Crippen LogP contribution in [0, 0.1) is 11.3 Å². The van der Waals surface area contributed by atoms with E-state index in [2.05, 4.69) is 25.7 Å². The van der Waals surface area contributed by atoms with Gasteiger partial charge in [0.2, 0.25) is 5.76 Å². The molecule has 0 amide bonds. The first-order valence-corrected chi connectivity index (χ1v) is 4.84. The molecule has 3 rings (SSSR count). The SMILES string of the molecule is N#Cc1c(-c2cnno2)ccnc1-c1cnno1. The van der Waals surface area contributed by atoms with Crippen molar-refractivity contribution >= 4 is 0 Å². The lowest BCUT2D eigenvalue weighted by atomic mass is 10.0. The van der Waals surface area contributed by atoms with Gasteiger partial charge in [-0.25, -0.2) is 0 Å². The molecule has 0 aromatic carbocycles. The minimum atomic E-state index is 0.287. The number of pyridine rings is 1. The third-order valence-electron chi connectivity index (χ3n) is 2.28. The van der Waals surface area contributed by atoms with E-state index in [-0.39, 0.29) is 5.56 Å². The van der Waals surface area contributed by atoms with E-state index < -0.39 is 0 Å². The van der Waals surface area contributed by atoms with Gasteiger partial charge in [-0.1, -0.05) is 0 Å². The first-order chi connectivity index (χ1) is 8.90. The Morgan fingerprint density at radius 2 is 1.78 bits per heavy atom. The van der Waals surface area contributed by atoms with Crippen molar-refractivity contribution in [2.24, 2.45) is 0 Å². The van der Waals surface area contributed by atoms with Crippen LogP contribution in [0.4, 0.5) is 0 Å². The standard InChI is InChI=1S/C10H4N6O2/c11-3-7-6(8-4-13-15-17-8)1-2-12-10(7)9-5-14-16-18-9/h1-2,4-5H. The fourth-order valence-electron chi connectivity index (χ4n) is 1.52. The van der Waals surface area contributed by atoms with E-state index in [4.69, 9.17) is 9.05 Å². The predicted octanol–water partition coefficient (Wildman–Crippen LogP) is 1.05. The molecule has 0 N–H and O–H groups in total. The molecule has 0 fully saturated rings. The van der Waals surface area contributed by atoms with Crippen molar-refractivity contribution in [1.82, 2.24) is 25.7 Å². The Hall–Kier alpha value is -3.08. The van der Waals surface area contributed by atoms with Gasteiger partial charge in [0, 0.05) is 22.3 Å². The lowest BCUT2D eigenvalue weighted by Crippen LogP contribution is -1.91. The van der Waals surface area contributed by atoms with Crippen molar-refractivity contribution < 1.29 is 9.05 Å². The zero-order valence-corrected chi connectivity index (χ0v) is 8.81. The topological polar surface area (TPSA) is 115 Å². The maximum Gasteiger partial charge on any atom is 0.207 e. The Morgan fingerprint density at radius 1 is 1.06 bits per heavy atom. The lowest BCUT2D eigenvalue weighted by Gasteiger charge is -2.01. The van der Waals surface area contributed by atoms with E-state index in [0.717, 1.165) is 0 Å². The maximum atomic E-state index is 9.24. The molecule has 0 bridgehead atoms. The van der Waals surface area contributed by atoms with Crippen molar-refractivity contribution in [1.29, 1.82) is 5.26 Å². The molecular weight excluding hydrogens is 236 g/mol. The molecule has 8 nitrogen and oxygen atoms in total. The molecule has 0 aliphatic heterocycles. The summed E-state index contributed by atoms with van der Waals surface area (Å²) in [6.45, 7) is 0. The Balaban J connectivity index is 2.24. The van der Waals surface area contributed by atoms with Gasteiger partial charge in [0.05, 0.1) is 11.8 Å². The first-order valence-electron chi connectivity index (χ1n) is 4.84. The molecule has 18 heavy (non-hydrogen) atoms. The number of nitriles is 1. The second-order valence-corrected chi connectivity index (χ2v) is 3.26. The molecule has 3 aromatic rings. The van der Waals surface area contributed by atoms with Crippen LogP contribution in [-0.4, -0.2) is 25.7 Å². The van der Waals surface area contributed by atoms with Crippen LogP contribution in [0.5, 0.6) is 0 Å². The quantitative estimate of drug-likeness (QED) is 0.652. The van der Waals surface area contributed by atoms with E-state index in [1.165, 1.54) is 18.6 Å². The molecular formula is C10H4N6O2. The minimum Gasteiger partial charge on any atom is -0.337 e. The highest BCUT2D eigenvalue weighted by Crippen LogP contribution is 2.28. The van der Waals surface area contributed by atoms with Crippen LogP contribution in [0.3, 0.4) is 0 Å². The van der Waals surface area contributed by atoms with Crippen molar-refractivity contribution in [3.8, 4) is 28.8 Å². The van der Waals surface area contributed by atoms with Crippen LogP contribution in [0.2, 0.25) is 0 Å². The van der Waals surface area contributed by atoms with Crippen LogP contribution >= 0.6 is 0 Å². The van der Waals surface area contributed by atoms with Gasteiger partial charge in [-0.05, 0) is 6.07 Å². The van der Waals surface area contributed by atoms with Crippen molar-refractivity contribution in [3.63, 3.8) is 0 Å².